The fourth-order valence-electron chi connectivity index (χ4n) is 0.917. The minimum atomic E-state index is -1.32. The molecule has 3 heteroatoms. The third kappa shape index (κ3) is 2.22. The van der Waals surface area contributed by atoms with Crippen LogP contribution < -0.4 is 5.73 Å². The van der Waals surface area contributed by atoms with Gasteiger partial charge in [-0.2, -0.15) is 0 Å². The monoisotopic (exact) mass is 153 g/mol. The molecular weight excluding hydrogens is 142 g/mol. The summed E-state index contributed by atoms with van der Waals surface area (Å²) < 4.78 is 0. The van der Waals surface area contributed by atoms with Crippen molar-refractivity contribution in [2.45, 2.75) is 12.7 Å². The SMILES string of the molecule is Nc1ccccc1CC(O)O. The standard InChI is InChI=1S/C8H11NO2/c9-7-4-2-1-3-6(7)5-8(10)11/h1-4,8,10-11H,5,9H2. The molecule has 0 saturated heterocycles. The van der Waals surface area contributed by atoms with Crippen molar-refractivity contribution in [2.24, 2.45) is 0 Å². The van der Waals surface area contributed by atoms with E-state index in [9.17, 15) is 0 Å². The molecule has 0 aliphatic carbocycles. The summed E-state index contributed by atoms with van der Waals surface area (Å²) in [5.74, 6) is 0. The Kier molecular flexibility index (Phi) is 2.46. The van der Waals surface area contributed by atoms with E-state index >= 15 is 0 Å². The molecule has 0 atom stereocenters. The first-order valence-electron chi connectivity index (χ1n) is 3.39. The first-order chi connectivity index (χ1) is 5.20. The highest BCUT2D eigenvalue weighted by Crippen LogP contribution is 2.11. The summed E-state index contributed by atoms with van der Waals surface area (Å²) in [5, 5.41) is 17.3. The highest BCUT2D eigenvalue weighted by molar-refractivity contribution is 5.46. The predicted octanol–water partition coefficient (Wildman–Crippen LogP) is 0.122. The normalized spacial score (nSPS) is 10.5. The van der Waals surface area contributed by atoms with E-state index in [0.717, 1.165) is 5.56 Å². The molecule has 0 bridgehead atoms. The quantitative estimate of drug-likeness (QED) is 0.417. The third-order valence-electron chi connectivity index (χ3n) is 1.46. The molecule has 0 unspecified atom stereocenters. The molecule has 1 rings (SSSR count). The Morgan fingerprint density at radius 3 is 2.45 bits per heavy atom. The van der Waals surface area contributed by atoms with Crippen molar-refractivity contribution in [3.63, 3.8) is 0 Å². The average molecular weight is 153 g/mol. The maximum atomic E-state index is 8.63. The minimum absolute atomic E-state index is 0.187. The lowest BCUT2D eigenvalue weighted by Gasteiger charge is -2.05. The van der Waals surface area contributed by atoms with Crippen LogP contribution in [-0.4, -0.2) is 16.5 Å². The Balaban J connectivity index is 2.78. The van der Waals surface area contributed by atoms with Crippen molar-refractivity contribution in [2.75, 3.05) is 5.73 Å². The number of aliphatic hydroxyl groups excluding tert-OH is 1. The van der Waals surface area contributed by atoms with E-state index in [4.69, 9.17) is 15.9 Å². The van der Waals surface area contributed by atoms with E-state index < -0.39 is 6.29 Å². The van der Waals surface area contributed by atoms with Crippen molar-refractivity contribution >= 4 is 5.69 Å². The molecule has 0 radical (unpaired) electrons. The van der Waals surface area contributed by atoms with Crippen LogP contribution in [0.1, 0.15) is 5.56 Å². The first-order valence-corrected chi connectivity index (χ1v) is 3.39. The molecule has 0 aliphatic rings. The van der Waals surface area contributed by atoms with Crippen LogP contribution in [0.4, 0.5) is 5.69 Å². The third-order valence-corrected chi connectivity index (χ3v) is 1.46. The summed E-state index contributed by atoms with van der Waals surface area (Å²) in [5.41, 5.74) is 6.91. The topological polar surface area (TPSA) is 66.5 Å². The Labute approximate surface area is 65.1 Å². The molecular formula is C8H11NO2. The molecule has 0 aromatic heterocycles. The first kappa shape index (κ1) is 8.04. The molecule has 1 aromatic rings. The lowest BCUT2D eigenvalue weighted by Crippen LogP contribution is -2.09. The Hall–Kier alpha value is -1.06. The van der Waals surface area contributed by atoms with Gasteiger partial charge >= 0.3 is 0 Å². The molecule has 4 N–H and O–H groups in total. The number of nitrogen functional groups attached to an aromatic ring is 1. The largest absolute Gasteiger partial charge is 0.399 e. The lowest BCUT2D eigenvalue weighted by molar-refractivity contribution is -0.0380. The van der Waals surface area contributed by atoms with Gasteiger partial charge in [0.15, 0.2) is 6.29 Å². The summed E-state index contributed by atoms with van der Waals surface area (Å²) in [4.78, 5) is 0. The van der Waals surface area contributed by atoms with Gasteiger partial charge < -0.3 is 15.9 Å². The molecule has 3 nitrogen and oxygen atoms in total. The van der Waals surface area contributed by atoms with Crippen molar-refractivity contribution < 1.29 is 10.2 Å². The Bertz CT molecular complexity index is 235. The lowest BCUT2D eigenvalue weighted by atomic mass is 10.1. The second-order valence-corrected chi connectivity index (χ2v) is 2.38. The number of hydrogen-bond donors (Lipinski definition) is 3. The Morgan fingerprint density at radius 2 is 1.91 bits per heavy atom. The van der Waals surface area contributed by atoms with Gasteiger partial charge in [0.2, 0.25) is 0 Å². The van der Waals surface area contributed by atoms with Crippen LogP contribution in [0.2, 0.25) is 0 Å². The molecule has 11 heavy (non-hydrogen) atoms. The van der Waals surface area contributed by atoms with Crippen molar-refractivity contribution in [1.29, 1.82) is 0 Å². The minimum Gasteiger partial charge on any atom is -0.399 e. The van der Waals surface area contributed by atoms with Gasteiger partial charge in [-0.15, -0.1) is 0 Å². The molecule has 0 saturated carbocycles. The summed E-state index contributed by atoms with van der Waals surface area (Å²) in [6, 6.07) is 7.13. The van der Waals surface area contributed by atoms with E-state index in [1.165, 1.54) is 0 Å². The van der Waals surface area contributed by atoms with E-state index in [0.29, 0.717) is 5.69 Å². The second-order valence-electron chi connectivity index (χ2n) is 2.38. The van der Waals surface area contributed by atoms with E-state index in [-0.39, 0.29) is 6.42 Å². The highest BCUT2D eigenvalue weighted by Gasteiger charge is 2.02. The van der Waals surface area contributed by atoms with Crippen LogP contribution >= 0.6 is 0 Å². The van der Waals surface area contributed by atoms with Gasteiger partial charge in [0, 0.05) is 12.1 Å². The van der Waals surface area contributed by atoms with Gasteiger partial charge in [0.05, 0.1) is 0 Å². The number of rotatable bonds is 2. The smallest absolute Gasteiger partial charge is 0.155 e. The van der Waals surface area contributed by atoms with Gasteiger partial charge in [0.25, 0.3) is 0 Å². The molecule has 0 fully saturated rings. The van der Waals surface area contributed by atoms with Crippen molar-refractivity contribution in [1.82, 2.24) is 0 Å². The van der Waals surface area contributed by atoms with Crippen LogP contribution in [0, 0.1) is 0 Å². The predicted molar refractivity (Wildman–Crippen MR) is 42.8 cm³/mol. The number of para-hydroxylation sites is 1. The van der Waals surface area contributed by atoms with Crippen LogP contribution in [0.5, 0.6) is 0 Å². The van der Waals surface area contributed by atoms with Crippen molar-refractivity contribution in [3.8, 4) is 0 Å². The maximum Gasteiger partial charge on any atom is 0.155 e. The second kappa shape index (κ2) is 3.37. The molecule has 0 heterocycles. The van der Waals surface area contributed by atoms with Crippen LogP contribution in [0.3, 0.4) is 0 Å². The van der Waals surface area contributed by atoms with Crippen LogP contribution in [-0.2, 0) is 6.42 Å². The zero-order chi connectivity index (χ0) is 8.27. The number of benzene rings is 1. The van der Waals surface area contributed by atoms with Gasteiger partial charge in [0.1, 0.15) is 0 Å². The van der Waals surface area contributed by atoms with Gasteiger partial charge in [-0.25, -0.2) is 0 Å². The summed E-state index contributed by atoms with van der Waals surface area (Å²) >= 11 is 0. The van der Waals surface area contributed by atoms with E-state index in [2.05, 4.69) is 0 Å². The van der Waals surface area contributed by atoms with Crippen molar-refractivity contribution in [3.05, 3.63) is 29.8 Å². The van der Waals surface area contributed by atoms with E-state index in [1.54, 1.807) is 12.1 Å². The zero-order valence-corrected chi connectivity index (χ0v) is 6.07. The molecule has 0 aliphatic heterocycles. The molecule has 1 aromatic carbocycles. The fourth-order valence-corrected chi connectivity index (χ4v) is 0.917. The fraction of sp³-hybridized carbons (Fsp3) is 0.250. The number of aliphatic hydroxyl groups is 2. The van der Waals surface area contributed by atoms with Gasteiger partial charge in [-0.3, -0.25) is 0 Å². The highest BCUT2D eigenvalue weighted by atomic mass is 16.5. The summed E-state index contributed by atoms with van der Waals surface area (Å²) in [6.07, 6.45) is -1.13. The van der Waals surface area contributed by atoms with Crippen LogP contribution in [0.15, 0.2) is 24.3 Å². The zero-order valence-electron chi connectivity index (χ0n) is 6.07. The molecule has 60 valence electrons. The Morgan fingerprint density at radius 1 is 1.27 bits per heavy atom. The number of anilines is 1. The maximum absolute atomic E-state index is 8.63. The average Bonchev–Trinajstić information content (AvgIpc) is 1.93. The number of hydrogen-bond acceptors (Lipinski definition) is 3. The summed E-state index contributed by atoms with van der Waals surface area (Å²) in [7, 11) is 0. The molecule has 0 amide bonds. The molecule has 0 spiro atoms. The van der Waals surface area contributed by atoms with Gasteiger partial charge in [-0.1, -0.05) is 18.2 Å². The van der Waals surface area contributed by atoms with E-state index in [1.807, 2.05) is 12.1 Å². The summed E-state index contributed by atoms with van der Waals surface area (Å²) in [6.45, 7) is 0. The number of nitrogens with two attached hydrogens (primary N) is 1. The van der Waals surface area contributed by atoms with Crippen LogP contribution in [0.25, 0.3) is 0 Å². The van der Waals surface area contributed by atoms with Gasteiger partial charge in [-0.05, 0) is 11.6 Å².